The van der Waals surface area contributed by atoms with Crippen LogP contribution in [0.15, 0.2) is 29.2 Å². The summed E-state index contributed by atoms with van der Waals surface area (Å²) in [7, 11) is 1.80. The molecule has 0 radical (unpaired) electrons. The maximum Gasteiger partial charge on any atom is 0.263 e. The lowest BCUT2D eigenvalue weighted by molar-refractivity contribution is -0.136. The van der Waals surface area contributed by atoms with Crippen molar-refractivity contribution >= 4 is 30.1 Å². The molecule has 2 N–H and O–H groups in total. The molecule has 2 unspecified atom stereocenters. The molecule has 4 nitrogen and oxygen atoms in total. The Morgan fingerprint density at radius 2 is 1.83 bits per heavy atom. The van der Waals surface area contributed by atoms with Crippen LogP contribution in [0.1, 0.15) is 27.2 Å². The summed E-state index contributed by atoms with van der Waals surface area (Å²) in [6, 6.07) is 7.88. The molecule has 23 heavy (non-hydrogen) atoms. The zero-order valence-corrected chi connectivity index (χ0v) is 16.2. The van der Waals surface area contributed by atoms with E-state index in [0.717, 1.165) is 6.42 Å². The van der Waals surface area contributed by atoms with E-state index in [1.54, 1.807) is 30.6 Å². The molecule has 1 amide bonds. The molecular weight excluding hydrogens is 332 g/mol. The predicted octanol–water partition coefficient (Wildman–Crippen LogP) is 3.43. The molecule has 0 heterocycles. The minimum atomic E-state index is -0.500. The van der Waals surface area contributed by atoms with Gasteiger partial charge in [-0.3, -0.25) is 4.79 Å². The highest BCUT2D eigenvalue weighted by Gasteiger charge is 2.20. The summed E-state index contributed by atoms with van der Waals surface area (Å²) in [6.07, 6.45) is 2.33. The van der Waals surface area contributed by atoms with Crippen molar-refractivity contribution in [2.75, 3.05) is 19.8 Å². The smallest absolute Gasteiger partial charge is 0.263 e. The Labute approximate surface area is 150 Å². The van der Waals surface area contributed by atoms with Gasteiger partial charge in [0.2, 0.25) is 0 Å². The fraction of sp³-hybridized carbons (Fsp3) is 0.588. The van der Waals surface area contributed by atoms with Crippen LogP contribution in [0.4, 0.5) is 0 Å². The highest BCUT2D eigenvalue weighted by atomic mass is 35.5. The molecular formula is C17H29ClN2O2S. The first kappa shape index (κ1) is 22.1. The summed E-state index contributed by atoms with van der Waals surface area (Å²) in [6.45, 7) is 6.62. The second-order valence-electron chi connectivity index (χ2n) is 5.89. The SMILES string of the molecule is CSc1ccc(OC(C)C(=O)N(C)CCC(N)C(C)C)cc1.Cl. The van der Waals surface area contributed by atoms with Crippen molar-refractivity contribution < 1.29 is 9.53 Å². The summed E-state index contributed by atoms with van der Waals surface area (Å²) in [5.74, 6) is 1.11. The molecule has 132 valence electrons. The van der Waals surface area contributed by atoms with E-state index in [9.17, 15) is 4.79 Å². The summed E-state index contributed by atoms with van der Waals surface area (Å²) in [4.78, 5) is 15.2. The summed E-state index contributed by atoms with van der Waals surface area (Å²) < 4.78 is 5.72. The van der Waals surface area contributed by atoms with Crippen LogP contribution in [0.3, 0.4) is 0 Å². The number of amides is 1. The van der Waals surface area contributed by atoms with E-state index in [2.05, 4.69) is 13.8 Å². The molecule has 0 spiro atoms. The fourth-order valence-corrected chi connectivity index (χ4v) is 2.41. The highest BCUT2D eigenvalue weighted by Crippen LogP contribution is 2.20. The number of carbonyl (C=O) groups excluding carboxylic acids is 1. The Morgan fingerprint density at radius 1 is 1.26 bits per heavy atom. The molecule has 6 heteroatoms. The standard InChI is InChI=1S/C17H28N2O2S.ClH/c1-12(2)16(18)10-11-19(4)17(20)13(3)21-14-6-8-15(22-5)9-7-14;/h6-9,12-13,16H,10-11,18H2,1-5H3;1H. The van der Waals surface area contributed by atoms with Gasteiger partial charge in [-0.25, -0.2) is 0 Å². The second-order valence-corrected chi connectivity index (χ2v) is 6.77. The summed E-state index contributed by atoms with van der Waals surface area (Å²) in [5.41, 5.74) is 6.02. The number of hydrogen-bond acceptors (Lipinski definition) is 4. The van der Waals surface area contributed by atoms with Crippen molar-refractivity contribution in [3.8, 4) is 5.75 Å². The molecule has 1 aromatic rings. The van der Waals surface area contributed by atoms with Crippen LogP contribution in [0.2, 0.25) is 0 Å². The first-order valence-corrected chi connectivity index (χ1v) is 8.89. The quantitative estimate of drug-likeness (QED) is 0.721. The van der Waals surface area contributed by atoms with Gasteiger partial charge in [-0.15, -0.1) is 24.2 Å². The van der Waals surface area contributed by atoms with E-state index in [-0.39, 0.29) is 24.4 Å². The number of hydrogen-bond donors (Lipinski definition) is 1. The van der Waals surface area contributed by atoms with Gasteiger partial charge in [-0.2, -0.15) is 0 Å². The predicted molar refractivity (Wildman–Crippen MR) is 101 cm³/mol. The lowest BCUT2D eigenvalue weighted by Gasteiger charge is -2.24. The molecule has 0 aliphatic rings. The minimum absolute atomic E-state index is 0. The molecule has 0 aromatic heterocycles. The van der Waals surface area contributed by atoms with Crippen molar-refractivity contribution in [1.29, 1.82) is 0 Å². The number of nitrogens with zero attached hydrogens (tertiary/aromatic N) is 1. The Balaban J connectivity index is 0.00000484. The van der Waals surface area contributed by atoms with Gasteiger partial charge in [0.15, 0.2) is 6.10 Å². The Hall–Kier alpha value is -0.910. The number of rotatable bonds is 8. The van der Waals surface area contributed by atoms with Crippen molar-refractivity contribution in [2.45, 2.75) is 44.2 Å². The van der Waals surface area contributed by atoms with E-state index < -0.39 is 6.10 Å². The third-order valence-corrected chi connectivity index (χ3v) is 4.49. The number of thioether (sulfide) groups is 1. The molecule has 0 aliphatic carbocycles. The van der Waals surface area contributed by atoms with Gasteiger partial charge in [-0.05, 0) is 49.8 Å². The zero-order chi connectivity index (χ0) is 16.7. The second kappa shape index (κ2) is 10.8. The van der Waals surface area contributed by atoms with Gasteiger partial charge in [0.25, 0.3) is 5.91 Å². The van der Waals surface area contributed by atoms with Crippen molar-refractivity contribution in [3.05, 3.63) is 24.3 Å². The number of benzene rings is 1. The van der Waals surface area contributed by atoms with E-state index in [1.807, 2.05) is 30.5 Å². The first-order valence-electron chi connectivity index (χ1n) is 7.66. The Bertz CT molecular complexity index is 468. The van der Waals surface area contributed by atoms with Crippen LogP contribution < -0.4 is 10.5 Å². The maximum absolute atomic E-state index is 12.3. The molecule has 2 atom stereocenters. The molecule has 0 fully saturated rings. The normalized spacial score (nSPS) is 13.2. The summed E-state index contributed by atoms with van der Waals surface area (Å²) >= 11 is 1.68. The number of ether oxygens (including phenoxy) is 1. The number of likely N-dealkylation sites (N-methyl/N-ethyl adjacent to an activating group) is 1. The number of nitrogens with two attached hydrogens (primary N) is 1. The van der Waals surface area contributed by atoms with Crippen LogP contribution in [0.5, 0.6) is 5.75 Å². The van der Waals surface area contributed by atoms with Gasteiger partial charge in [-0.1, -0.05) is 13.8 Å². The van der Waals surface area contributed by atoms with Crippen molar-refractivity contribution in [3.63, 3.8) is 0 Å². The topological polar surface area (TPSA) is 55.6 Å². The average Bonchev–Trinajstić information content (AvgIpc) is 2.51. The van der Waals surface area contributed by atoms with Gasteiger partial charge in [0.1, 0.15) is 5.75 Å². The molecule has 1 aromatic carbocycles. The first-order chi connectivity index (χ1) is 10.3. The van der Waals surface area contributed by atoms with Crippen LogP contribution >= 0.6 is 24.2 Å². The van der Waals surface area contributed by atoms with E-state index >= 15 is 0 Å². The van der Waals surface area contributed by atoms with Crippen molar-refractivity contribution in [1.82, 2.24) is 4.90 Å². The van der Waals surface area contributed by atoms with Gasteiger partial charge in [0.05, 0.1) is 0 Å². The molecule has 0 saturated carbocycles. The Kier molecular flexibility index (Phi) is 10.4. The van der Waals surface area contributed by atoms with Gasteiger partial charge in [0, 0.05) is 24.5 Å². The molecule has 0 aliphatic heterocycles. The van der Waals surface area contributed by atoms with Crippen LogP contribution in [-0.4, -0.2) is 42.8 Å². The molecule has 0 saturated heterocycles. The minimum Gasteiger partial charge on any atom is -0.481 e. The third kappa shape index (κ3) is 7.46. The highest BCUT2D eigenvalue weighted by molar-refractivity contribution is 7.98. The van der Waals surface area contributed by atoms with Crippen LogP contribution in [-0.2, 0) is 4.79 Å². The van der Waals surface area contributed by atoms with E-state index in [0.29, 0.717) is 18.2 Å². The summed E-state index contributed by atoms with van der Waals surface area (Å²) in [5, 5.41) is 0. The van der Waals surface area contributed by atoms with Gasteiger partial charge >= 0.3 is 0 Å². The lowest BCUT2D eigenvalue weighted by Crippen LogP contribution is -2.40. The molecule has 1 rings (SSSR count). The number of halogens is 1. The third-order valence-electron chi connectivity index (χ3n) is 3.75. The number of carbonyl (C=O) groups is 1. The van der Waals surface area contributed by atoms with E-state index in [4.69, 9.17) is 10.5 Å². The van der Waals surface area contributed by atoms with Crippen LogP contribution in [0, 0.1) is 5.92 Å². The largest absolute Gasteiger partial charge is 0.481 e. The maximum atomic E-state index is 12.3. The average molecular weight is 361 g/mol. The molecule has 0 bridgehead atoms. The van der Waals surface area contributed by atoms with E-state index in [1.165, 1.54) is 4.90 Å². The lowest BCUT2D eigenvalue weighted by atomic mass is 10.0. The Morgan fingerprint density at radius 3 is 2.30 bits per heavy atom. The monoisotopic (exact) mass is 360 g/mol. The fourth-order valence-electron chi connectivity index (χ4n) is 2.01. The van der Waals surface area contributed by atoms with Gasteiger partial charge < -0.3 is 15.4 Å². The van der Waals surface area contributed by atoms with Crippen LogP contribution in [0.25, 0.3) is 0 Å². The van der Waals surface area contributed by atoms with Crippen molar-refractivity contribution in [2.24, 2.45) is 11.7 Å². The zero-order valence-electron chi connectivity index (χ0n) is 14.6.